The van der Waals surface area contributed by atoms with Gasteiger partial charge in [0.25, 0.3) is 5.69 Å². The molecule has 0 fully saturated rings. The number of ether oxygens (including phenoxy) is 1. The number of hydrogen-bond donors (Lipinski definition) is 1. The van der Waals surface area contributed by atoms with E-state index in [9.17, 15) is 10.1 Å². The van der Waals surface area contributed by atoms with Crippen LogP contribution in [0.25, 0.3) is 0 Å². The molecule has 2 N–H and O–H groups in total. The van der Waals surface area contributed by atoms with Crippen molar-refractivity contribution in [2.45, 2.75) is 13.0 Å². The molecule has 1 atom stereocenters. The van der Waals surface area contributed by atoms with E-state index in [1.165, 1.54) is 12.1 Å². The lowest BCUT2D eigenvalue weighted by molar-refractivity contribution is -0.384. The van der Waals surface area contributed by atoms with E-state index in [0.717, 1.165) is 5.56 Å². The van der Waals surface area contributed by atoms with Gasteiger partial charge in [-0.25, -0.2) is 0 Å². The van der Waals surface area contributed by atoms with Gasteiger partial charge in [0.15, 0.2) is 0 Å². The van der Waals surface area contributed by atoms with Crippen molar-refractivity contribution >= 4 is 5.69 Å². The fourth-order valence-electron chi connectivity index (χ4n) is 1.64. The Hall–Kier alpha value is -2.40. The lowest BCUT2D eigenvalue weighted by Gasteiger charge is -2.08. The van der Waals surface area contributed by atoms with Gasteiger partial charge in [-0.05, 0) is 30.7 Å². The highest BCUT2D eigenvalue weighted by atomic mass is 16.6. The van der Waals surface area contributed by atoms with E-state index in [-0.39, 0.29) is 11.7 Å². The molecule has 2 aromatic carbocycles. The second-order valence-electron chi connectivity index (χ2n) is 4.21. The molecule has 0 aromatic heterocycles. The molecule has 2 aromatic rings. The first-order valence-electron chi connectivity index (χ1n) is 5.84. The zero-order valence-electron chi connectivity index (χ0n) is 10.4. The summed E-state index contributed by atoms with van der Waals surface area (Å²) in [6.07, 6.45) is 0. The number of nitro benzene ring substituents is 1. The highest BCUT2D eigenvalue weighted by Crippen LogP contribution is 2.25. The molecule has 5 nitrogen and oxygen atoms in total. The van der Waals surface area contributed by atoms with E-state index >= 15 is 0 Å². The first kappa shape index (κ1) is 13.0. The topological polar surface area (TPSA) is 78.4 Å². The van der Waals surface area contributed by atoms with Crippen LogP contribution in [0, 0.1) is 10.1 Å². The molecule has 0 bridgehead atoms. The maximum atomic E-state index is 10.7. The minimum atomic E-state index is -0.452. The van der Waals surface area contributed by atoms with Crippen molar-refractivity contribution in [2.75, 3.05) is 0 Å². The van der Waals surface area contributed by atoms with Gasteiger partial charge in [0, 0.05) is 12.1 Å². The van der Waals surface area contributed by atoms with Crippen LogP contribution in [0.3, 0.4) is 0 Å². The summed E-state index contributed by atoms with van der Waals surface area (Å²) in [5, 5.41) is 10.7. The molecule has 0 heterocycles. The smallest absolute Gasteiger partial charge is 0.273 e. The summed E-state index contributed by atoms with van der Waals surface area (Å²) in [6, 6.07) is 13.4. The van der Waals surface area contributed by atoms with Crippen molar-refractivity contribution < 1.29 is 9.66 Å². The number of nitrogens with zero attached hydrogens (tertiary/aromatic N) is 1. The summed E-state index contributed by atoms with van der Waals surface area (Å²) >= 11 is 0. The quantitative estimate of drug-likeness (QED) is 0.673. The maximum absolute atomic E-state index is 10.7. The van der Waals surface area contributed by atoms with Gasteiger partial charge in [-0.3, -0.25) is 10.1 Å². The van der Waals surface area contributed by atoms with Crippen molar-refractivity contribution in [1.82, 2.24) is 0 Å². The average Bonchev–Trinajstić information content (AvgIpc) is 2.39. The third kappa shape index (κ3) is 3.29. The number of nitro groups is 1. The Balaban J connectivity index is 2.16. The predicted octanol–water partition coefficient (Wildman–Crippen LogP) is 3.41. The standard InChI is InChI=1S/C14H14N2O3/c1-10(15)11-5-7-13(8-6-11)19-14-4-2-3-12(9-14)16(17)18/h2-10H,15H2,1H3/t10-/m1/s1. The van der Waals surface area contributed by atoms with E-state index < -0.39 is 4.92 Å². The van der Waals surface area contributed by atoms with Crippen molar-refractivity contribution in [3.63, 3.8) is 0 Å². The first-order chi connectivity index (χ1) is 9.06. The highest BCUT2D eigenvalue weighted by Gasteiger charge is 2.07. The van der Waals surface area contributed by atoms with Gasteiger partial charge in [-0.15, -0.1) is 0 Å². The minimum Gasteiger partial charge on any atom is -0.457 e. The largest absolute Gasteiger partial charge is 0.457 e. The summed E-state index contributed by atoms with van der Waals surface area (Å²) in [5.74, 6) is 1.05. The molecule has 2 rings (SSSR count). The molecular weight excluding hydrogens is 244 g/mol. The van der Waals surface area contributed by atoms with Crippen LogP contribution in [0.4, 0.5) is 5.69 Å². The monoisotopic (exact) mass is 258 g/mol. The molecule has 19 heavy (non-hydrogen) atoms. The molecule has 0 amide bonds. The zero-order chi connectivity index (χ0) is 13.8. The number of nitrogens with two attached hydrogens (primary N) is 1. The van der Waals surface area contributed by atoms with E-state index in [0.29, 0.717) is 11.5 Å². The van der Waals surface area contributed by atoms with Crippen molar-refractivity contribution in [2.24, 2.45) is 5.73 Å². The van der Waals surface area contributed by atoms with Gasteiger partial charge in [0.2, 0.25) is 0 Å². The van der Waals surface area contributed by atoms with Crippen LogP contribution >= 0.6 is 0 Å². The highest BCUT2D eigenvalue weighted by molar-refractivity contribution is 5.41. The Kier molecular flexibility index (Phi) is 3.77. The van der Waals surface area contributed by atoms with Gasteiger partial charge in [0.1, 0.15) is 11.5 Å². The lowest BCUT2D eigenvalue weighted by Crippen LogP contribution is -2.04. The van der Waals surface area contributed by atoms with Crippen molar-refractivity contribution in [1.29, 1.82) is 0 Å². The van der Waals surface area contributed by atoms with Crippen LogP contribution in [0.5, 0.6) is 11.5 Å². The number of hydrogen-bond acceptors (Lipinski definition) is 4. The van der Waals surface area contributed by atoms with Gasteiger partial charge in [-0.2, -0.15) is 0 Å². The van der Waals surface area contributed by atoms with Crippen LogP contribution in [0.2, 0.25) is 0 Å². The van der Waals surface area contributed by atoms with Crippen LogP contribution in [0.15, 0.2) is 48.5 Å². The second-order valence-corrected chi connectivity index (χ2v) is 4.21. The van der Waals surface area contributed by atoms with Gasteiger partial charge in [0.05, 0.1) is 11.0 Å². The summed E-state index contributed by atoms with van der Waals surface area (Å²) in [7, 11) is 0. The van der Waals surface area contributed by atoms with Gasteiger partial charge >= 0.3 is 0 Å². The van der Waals surface area contributed by atoms with Gasteiger partial charge < -0.3 is 10.5 Å². The van der Waals surface area contributed by atoms with Gasteiger partial charge in [-0.1, -0.05) is 18.2 Å². The molecule has 0 unspecified atom stereocenters. The summed E-state index contributed by atoms with van der Waals surface area (Å²) in [6.45, 7) is 1.90. The van der Waals surface area contributed by atoms with Crippen molar-refractivity contribution in [3.8, 4) is 11.5 Å². The fourth-order valence-corrected chi connectivity index (χ4v) is 1.64. The SMILES string of the molecule is C[C@@H](N)c1ccc(Oc2cccc([N+](=O)[O-])c2)cc1. The molecule has 0 saturated heterocycles. The maximum Gasteiger partial charge on any atom is 0.273 e. The predicted molar refractivity (Wildman–Crippen MR) is 72.2 cm³/mol. The van der Waals surface area contributed by atoms with E-state index in [1.54, 1.807) is 24.3 Å². The van der Waals surface area contributed by atoms with Crippen LogP contribution < -0.4 is 10.5 Å². The normalized spacial score (nSPS) is 11.9. The Bertz CT molecular complexity index is 579. The third-order valence-electron chi connectivity index (χ3n) is 2.67. The van der Waals surface area contributed by atoms with Crippen LogP contribution in [0.1, 0.15) is 18.5 Å². The first-order valence-corrected chi connectivity index (χ1v) is 5.84. The summed E-state index contributed by atoms with van der Waals surface area (Å²) in [4.78, 5) is 10.2. The Morgan fingerprint density at radius 1 is 1.16 bits per heavy atom. The Morgan fingerprint density at radius 3 is 2.42 bits per heavy atom. The molecule has 0 aliphatic heterocycles. The molecule has 0 aliphatic carbocycles. The fraction of sp³-hybridized carbons (Fsp3) is 0.143. The number of non-ortho nitro benzene ring substituents is 1. The molecular formula is C14H14N2O3. The number of rotatable bonds is 4. The van der Waals surface area contributed by atoms with E-state index in [2.05, 4.69) is 0 Å². The molecule has 5 heteroatoms. The Labute approximate surface area is 110 Å². The number of benzene rings is 2. The molecule has 0 radical (unpaired) electrons. The second kappa shape index (κ2) is 5.49. The molecule has 0 aliphatic rings. The lowest BCUT2D eigenvalue weighted by atomic mass is 10.1. The summed E-state index contributed by atoms with van der Waals surface area (Å²) in [5.41, 5.74) is 6.76. The minimum absolute atomic E-state index is 0.00435. The molecule has 0 spiro atoms. The Morgan fingerprint density at radius 2 is 1.84 bits per heavy atom. The summed E-state index contributed by atoms with van der Waals surface area (Å²) < 4.78 is 5.56. The van der Waals surface area contributed by atoms with Crippen LogP contribution in [-0.4, -0.2) is 4.92 Å². The molecule has 98 valence electrons. The van der Waals surface area contributed by atoms with E-state index in [4.69, 9.17) is 10.5 Å². The molecule has 0 saturated carbocycles. The third-order valence-corrected chi connectivity index (χ3v) is 2.67. The van der Waals surface area contributed by atoms with Crippen LogP contribution in [-0.2, 0) is 0 Å². The van der Waals surface area contributed by atoms with Crippen molar-refractivity contribution in [3.05, 3.63) is 64.2 Å². The van der Waals surface area contributed by atoms with E-state index in [1.807, 2.05) is 19.1 Å². The average molecular weight is 258 g/mol. The zero-order valence-corrected chi connectivity index (χ0v) is 10.4.